The molecule has 0 aliphatic carbocycles. The number of rotatable bonds is 13. The van der Waals surface area contributed by atoms with E-state index in [-0.39, 0.29) is 18.4 Å². The fourth-order valence-electron chi connectivity index (χ4n) is 2.45. The Morgan fingerprint density at radius 1 is 1.10 bits per heavy atom. The third-order valence-electron chi connectivity index (χ3n) is 3.86. The quantitative estimate of drug-likeness (QED) is 0.204. The standard InChI is InChI=1S/C18H32O3/c1-3-5-7-8-9-10-11-13-15-17(19)21-18-16(20-18)14-12-6-4-2/h3,5,16,18H,4,6-15H2,1-2H3. The van der Waals surface area contributed by atoms with Crippen molar-refractivity contribution in [1.82, 2.24) is 0 Å². The van der Waals surface area contributed by atoms with Crippen LogP contribution in [0.15, 0.2) is 12.2 Å². The molecule has 3 heteroatoms. The molecule has 21 heavy (non-hydrogen) atoms. The van der Waals surface area contributed by atoms with Crippen molar-refractivity contribution in [3.05, 3.63) is 12.2 Å². The topological polar surface area (TPSA) is 38.8 Å². The van der Waals surface area contributed by atoms with E-state index in [0.29, 0.717) is 6.42 Å². The lowest BCUT2D eigenvalue weighted by Crippen LogP contribution is -2.09. The van der Waals surface area contributed by atoms with E-state index in [1.165, 1.54) is 44.9 Å². The molecule has 0 aromatic rings. The maximum atomic E-state index is 11.6. The second-order valence-corrected chi connectivity index (χ2v) is 5.90. The van der Waals surface area contributed by atoms with Crippen molar-refractivity contribution >= 4 is 5.97 Å². The largest absolute Gasteiger partial charge is 0.433 e. The van der Waals surface area contributed by atoms with E-state index < -0.39 is 0 Å². The zero-order chi connectivity index (χ0) is 15.3. The van der Waals surface area contributed by atoms with Crippen molar-refractivity contribution in [3.63, 3.8) is 0 Å². The van der Waals surface area contributed by atoms with Crippen LogP contribution in [0.3, 0.4) is 0 Å². The van der Waals surface area contributed by atoms with Crippen LogP contribution in [0, 0.1) is 0 Å². The molecule has 0 aromatic carbocycles. The Kier molecular flexibility index (Phi) is 10.2. The molecule has 0 amide bonds. The molecule has 2 atom stereocenters. The van der Waals surface area contributed by atoms with Gasteiger partial charge in [0.1, 0.15) is 6.10 Å². The van der Waals surface area contributed by atoms with Crippen molar-refractivity contribution in [2.24, 2.45) is 0 Å². The Morgan fingerprint density at radius 2 is 1.86 bits per heavy atom. The van der Waals surface area contributed by atoms with Gasteiger partial charge in [0.05, 0.1) is 0 Å². The highest BCUT2D eigenvalue weighted by atomic mass is 16.8. The van der Waals surface area contributed by atoms with Gasteiger partial charge < -0.3 is 9.47 Å². The lowest BCUT2D eigenvalue weighted by molar-refractivity contribution is -0.148. The first-order valence-corrected chi connectivity index (χ1v) is 8.74. The van der Waals surface area contributed by atoms with E-state index in [2.05, 4.69) is 26.0 Å². The van der Waals surface area contributed by atoms with Gasteiger partial charge in [-0.3, -0.25) is 4.79 Å². The number of carbonyl (C=O) groups excluding carboxylic acids is 1. The Hall–Kier alpha value is -0.830. The van der Waals surface area contributed by atoms with Gasteiger partial charge in [0.2, 0.25) is 6.29 Å². The van der Waals surface area contributed by atoms with Crippen molar-refractivity contribution in [1.29, 1.82) is 0 Å². The van der Waals surface area contributed by atoms with E-state index >= 15 is 0 Å². The van der Waals surface area contributed by atoms with Crippen molar-refractivity contribution in [2.75, 3.05) is 0 Å². The molecule has 0 saturated carbocycles. The van der Waals surface area contributed by atoms with Crippen LogP contribution in [0.25, 0.3) is 0 Å². The Morgan fingerprint density at radius 3 is 2.62 bits per heavy atom. The molecule has 0 spiro atoms. The summed E-state index contributed by atoms with van der Waals surface area (Å²) < 4.78 is 10.7. The van der Waals surface area contributed by atoms with Crippen LogP contribution >= 0.6 is 0 Å². The highest BCUT2D eigenvalue weighted by Gasteiger charge is 2.41. The van der Waals surface area contributed by atoms with Crippen molar-refractivity contribution < 1.29 is 14.3 Å². The van der Waals surface area contributed by atoms with Crippen molar-refractivity contribution in [2.45, 2.75) is 96.9 Å². The number of hydrogen-bond acceptors (Lipinski definition) is 3. The predicted octanol–water partition coefficient (Wildman–Crippen LogP) is 5.14. The van der Waals surface area contributed by atoms with E-state index in [1.807, 2.05) is 0 Å². The minimum absolute atomic E-state index is 0.0908. The van der Waals surface area contributed by atoms with Crippen LogP contribution in [-0.2, 0) is 14.3 Å². The summed E-state index contributed by atoms with van der Waals surface area (Å²) >= 11 is 0. The second-order valence-electron chi connectivity index (χ2n) is 5.90. The molecule has 2 unspecified atom stereocenters. The SMILES string of the molecule is CC=CCCCCCCCC(=O)OC1OC1CCCCC. The lowest BCUT2D eigenvalue weighted by atomic mass is 10.1. The molecule has 1 fully saturated rings. The molecule has 0 N–H and O–H groups in total. The second kappa shape index (κ2) is 11.8. The first kappa shape index (κ1) is 18.2. The molecule has 1 heterocycles. The Balaban J connectivity index is 1.86. The van der Waals surface area contributed by atoms with Gasteiger partial charge in [0.25, 0.3) is 0 Å². The monoisotopic (exact) mass is 296 g/mol. The number of epoxide rings is 1. The third kappa shape index (κ3) is 9.67. The van der Waals surface area contributed by atoms with Crippen LogP contribution in [0.4, 0.5) is 0 Å². The number of unbranched alkanes of at least 4 members (excludes halogenated alkanes) is 7. The van der Waals surface area contributed by atoms with Crippen LogP contribution in [0.2, 0.25) is 0 Å². The first-order chi connectivity index (χ1) is 10.3. The zero-order valence-corrected chi connectivity index (χ0v) is 13.8. The first-order valence-electron chi connectivity index (χ1n) is 8.74. The van der Waals surface area contributed by atoms with Gasteiger partial charge in [-0.05, 0) is 32.6 Å². The van der Waals surface area contributed by atoms with Crippen LogP contribution in [-0.4, -0.2) is 18.4 Å². The molecule has 1 saturated heterocycles. The number of hydrogen-bond donors (Lipinski definition) is 0. The van der Waals surface area contributed by atoms with Gasteiger partial charge in [-0.15, -0.1) is 0 Å². The molecule has 0 radical (unpaired) electrons. The molecule has 0 aromatic heterocycles. The Bertz CT molecular complexity index is 299. The van der Waals surface area contributed by atoms with Gasteiger partial charge in [-0.2, -0.15) is 0 Å². The average Bonchev–Trinajstić information content (AvgIpc) is 3.20. The number of carbonyl (C=O) groups is 1. The average molecular weight is 296 g/mol. The van der Waals surface area contributed by atoms with Crippen LogP contribution in [0.5, 0.6) is 0 Å². The van der Waals surface area contributed by atoms with Crippen molar-refractivity contribution in [3.8, 4) is 0 Å². The Labute approximate surface area is 130 Å². The van der Waals surface area contributed by atoms with Gasteiger partial charge in [0, 0.05) is 6.42 Å². The molecule has 3 nitrogen and oxygen atoms in total. The maximum Gasteiger partial charge on any atom is 0.308 e. The normalized spacial score (nSPS) is 20.9. The van der Waals surface area contributed by atoms with E-state index in [0.717, 1.165) is 19.3 Å². The lowest BCUT2D eigenvalue weighted by Gasteiger charge is -2.02. The highest BCUT2D eigenvalue weighted by Crippen LogP contribution is 2.28. The van der Waals surface area contributed by atoms with Gasteiger partial charge >= 0.3 is 5.97 Å². The molecule has 0 bridgehead atoms. The van der Waals surface area contributed by atoms with E-state index in [1.54, 1.807) is 0 Å². The van der Waals surface area contributed by atoms with Crippen LogP contribution in [0.1, 0.15) is 84.5 Å². The summed E-state index contributed by atoms with van der Waals surface area (Å²) in [5.41, 5.74) is 0. The molecule has 122 valence electrons. The number of ether oxygens (including phenoxy) is 2. The predicted molar refractivity (Wildman–Crippen MR) is 86.0 cm³/mol. The molecule has 1 aliphatic heterocycles. The van der Waals surface area contributed by atoms with Gasteiger partial charge in [-0.1, -0.05) is 57.6 Å². The molecule has 1 rings (SSSR count). The number of allylic oxidation sites excluding steroid dienone is 2. The fourth-order valence-corrected chi connectivity index (χ4v) is 2.45. The summed E-state index contributed by atoms with van der Waals surface area (Å²) in [5.74, 6) is -0.0908. The summed E-state index contributed by atoms with van der Waals surface area (Å²) in [6.07, 6.45) is 16.4. The van der Waals surface area contributed by atoms with E-state index in [9.17, 15) is 4.79 Å². The van der Waals surface area contributed by atoms with Crippen LogP contribution < -0.4 is 0 Å². The minimum atomic E-state index is -0.241. The number of esters is 1. The summed E-state index contributed by atoms with van der Waals surface area (Å²) in [6.45, 7) is 4.25. The summed E-state index contributed by atoms with van der Waals surface area (Å²) in [6, 6.07) is 0. The summed E-state index contributed by atoms with van der Waals surface area (Å²) in [5, 5.41) is 0. The van der Waals surface area contributed by atoms with Gasteiger partial charge in [0.15, 0.2) is 0 Å². The van der Waals surface area contributed by atoms with E-state index in [4.69, 9.17) is 9.47 Å². The maximum absolute atomic E-state index is 11.6. The zero-order valence-electron chi connectivity index (χ0n) is 13.8. The minimum Gasteiger partial charge on any atom is -0.433 e. The summed E-state index contributed by atoms with van der Waals surface area (Å²) in [4.78, 5) is 11.6. The molecule has 1 aliphatic rings. The molecular formula is C18H32O3. The molecular weight excluding hydrogens is 264 g/mol. The summed E-state index contributed by atoms with van der Waals surface area (Å²) in [7, 11) is 0. The smallest absolute Gasteiger partial charge is 0.308 e. The fraction of sp³-hybridized carbons (Fsp3) is 0.833. The third-order valence-corrected chi connectivity index (χ3v) is 3.86. The van der Waals surface area contributed by atoms with Gasteiger partial charge in [-0.25, -0.2) is 0 Å². The highest BCUT2D eigenvalue weighted by molar-refractivity contribution is 5.69.